The molecule has 2 aromatic rings. The van der Waals surface area contributed by atoms with Gasteiger partial charge >= 0.3 is 0 Å². The predicted molar refractivity (Wildman–Crippen MR) is 60.4 cm³/mol. The molecule has 5 nitrogen and oxygen atoms in total. The fourth-order valence-electron chi connectivity index (χ4n) is 1.53. The van der Waals surface area contributed by atoms with Crippen LogP contribution in [0.2, 0.25) is 0 Å². The van der Waals surface area contributed by atoms with E-state index in [1.807, 2.05) is 6.92 Å². The van der Waals surface area contributed by atoms with E-state index in [0.717, 1.165) is 0 Å². The highest BCUT2D eigenvalue weighted by Gasteiger charge is 2.12. The van der Waals surface area contributed by atoms with Gasteiger partial charge in [-0.15, -0.1) is 0 Å². The number of hydrogen-bond donors (Lipinski definition) is 2. The van der Waals surface area contributed by atoms with Crippen LogP contribution >= 0.6 is 0 Å². The third-order valence-corrected chi connectivity index (χ3v) is 2.25. The molecule has 0 atom stereocenters. The molecular weight excluding hydrogens is 206 g/mol. The molecule has 1 aromatic heterocycles. The molecule has 5 heteroatoms. The Kier molecular flexibility index (Phi) is 2.68. The van der Waals surface area contributed by atoms with E-state index in [4.69, 9.17) is 0 Å². The highest BCUT2D eigenvalue weighted by atomic mass is 16.2. The second-order valence-corrected chi connectivity index (χ2v) is 3.31. The van der Waals surface area contributed by atoms with Gasteiger partial charge in [-0.05, 0) is 13.0 Å². The Labute approximate surface area is 91.5 Å². The quantitative estimate of drug-likeness (QED) is 0.776. The monoisotopic (exact) mass is 217 g/mol. The third-order valence-electron chi connectivity index (χ3n) is 2.25. The van der Waals surface area contributed by atoms with Gasteiger partial charge in [-0.3, -0.25) is 9.59 Å². The van der Waals surface area contributed by atoms with Crippen molar-refractivity contribution in [3.63, 3.8) is 0 Å². The summed E-state index contributed by atoms with van der Waals surface area (Å²) in [7, 11) is 0. The molecule has 1 heterocycles. The summed E-state index contributed by atoms with van der Waals surface area (Å²) in [5.41, 5.74) is -0.0410. The maximum absolute atomic E-state index is 11.7. The van der Waals surface area contributed by atoms with Gasteiger partial charge in [-0.1, -0.05) is 18.2 Å². The van der Waals surface area contributed by atoms with E-state index in [1.165, 1.54) is 0 Å². The smallest absolute Gasteiger partial charge is 0.272 e. The zero-order chi connectivity index (χ0) is 11.5. The summed E-state index contributed by atoms with van der Waals surface area (Å²) in [4.78, 5) is 23.1. The Morgan fingerprint density at radius 1 is 1.38 bits per heavy atom. The zero-order valence-corrected chi connectivity index (χ0v) is 8.78. The molecule has 2 rings (SSSR count). The van der Waals surface area contributed by atoms with Gasteiger partial charge in [0.15, 0.2) is 5.69 Å². The van der Waals surface area contributed by atoms with Gasteiger partial charge in [0.1, 0.15) is 0 Å². The molecule has 0 spiro atoms. The molecular formula is C11H11N3O2. The Hall–Kier alpha value is -2.17. The van der Waals surface area contributed by atoms with E-state index < -0.39 is 0 Å². The average Bonchev–Trinajstić information content (AvgIpc) is 2.30. The Morgan fingerprint density at radius 3 is 2.75 bits per heavy atom. The summed E-state index contributed by atoms with van der Waals surface area (Å²) in [6.07, 6.45) is 0. The molecule has 0 unspecified atom stereocenters. The van der Waals surface area contributed by atoms with Crippen LogP contribution in [0, 0.1) is 0 Å². The molecule has 0 aliphatic heterocycles. The molecule has 16 heavy (non-hydrogen) atoms. The molecule has 0 radical (unpaired) electrons. The Bertz CT molecular complexity index is 589. The van der Waals surface area contributed by atoms with E-state index in [1.54, 1.807) is 24.3 Å². The summed E-state index contributed by atoms with van der Waals surface area (Å²) >= 11 is 0. The molecule has 1 amide bonds. The van der Waals surface area contributed by atoms with Crippen molar-refractivity contribution in [1.82, 2.24) is 15.5 Å². The number of aromatic amines is 1. The number of nitrogens with zero attached hydrogens (tertiary/aromatic N) is 1. The van der Waals surface area contributed by atoms with E-state index in [-0.39, 0.29) is 17.2 Å². The highest BCUT2D eigenvalue weighted by molar-refractivity contribution is 6.04. The van der Waals surface area contributed by atoms with Crippen molar-refractivity contribution in [3.05, 3.63) is 40.3 Å². The standard InChI is InChI=1S/C11H11N3O2/c1-2-12-11(16)9-7-5-3-4-6-8(7)10(15)14-13-9/h3-6H,2H2,1H3,(H,12,16)(H,14,15). The highest BCUT2D eigenvalue weighted by Crippen LogP contribution is 2.11. The van der Waals surface area contributed by atoms with Crippen molar-refractivity contribution < 1.29 is 4.79 Å². The molecule has 1 aromatic carbocycles. The lowest BCUT2D eigenvalue weighted by atomic mass is 10.1. The fourth-order valence-corrected chi connectivity index (χ4v) is 1.53. The first-order valence-electron chi connectivity index (χ1n) is 4.99. The van der Waals surface area contributed by atoms with E-state index in [9.17, 15) is 9.59 Å². The number of carbonyl (C=O) groups excluding carboxylic acids is 1. The summed E-state index contributed by atoms with van der Waals surface area (Å²) < 4.78 is 0. The number of hydrogen-bond acceptors (Lipinski definition) is 3. The van der Waals surface area contributed by atoms with Gasteiger partial charge in [-0.2, -0.15) is 5.10 Å². The number of aromatic nitrogens is 2. The number of H-pyrrole nitrogens is 1. The van der Waals surface area contributed by atoms with Crippen LogP contribution in [-0.4, -0.2) is 22.6 Å². The van der Waals surface area contributed by atoms with Crippen LogP contribution in [-0.2, 0) is 0 Å². The van der Waals surface area contributed by atoms with Gasteiger partial charge < -0.3 is 5.32 Å². The molecule has 0 bridgehead atoms. The largest absolute Gasteiger partial charge is 0.351 e. The summed E-state index contributed by atoms with van der Waals surface area (Å²) in [5, 5.41) is 9.78. The lowest BCUT2D eigenvalue weighted by molar-refractivity contribution is 0.0951. The van der Waals surface area contributed by atoms with Crippen molar-refractivity contribution in [3.8, 4) is 0 Å². The second-order valence-electron chi connectivity index (χ2n) is 3.31. The predicted octanol–water partition coefficient (Wildman–Crippen LogP) is 0.673. The second kappa shape index (κ2) is 4.14. The zero-order valence-electron chi connectivity index (χ0n) is 8.78. The minimum Gasteiger partial charge on any atom is -0.351 e. The van der Waals surface area contributed by atoms with Crippen LogP contribution in [0.3, 0.4) is 0 Å². The van der Waals surface area contributed by atoms with Crippen molar-refractivity contribution in [2.45, 2.75) is 6.92 Å². The van der Waals surface area contributed by atoms with Crippen LogP contribution in [0.15, 0.2) is 29.1 Å². The van der Waals surface area contributed by atoms with Gasteiger partial charge in [0.25, 0.3) is 11.5 Å². The first-order valence-corrected chi connectivity index (χ1v) is 4.99. The minimum absolute atomic E-state index is 0.247. The normalized spacial score (nSPS) is 10.3. The Morgan fingerprint density at radius 2 is 2.06 bits per heavy atom. The van der Waals surface area contributed by atoms with Crippen LogP contribution in [0.5, 0.6) is 0 Å². The topological polar surface area (TPSA) is 74.8 Å². The molecule has 0 saturated heterocycles. The number of benzene rings is 1. The van der Waals surface area contributed by atoms with Gasteiger partial charge in [0.2, 0.25) is 0 Å². The van der Waals surface area contributed by atoms with E-state index in [0.29, 0.717) is 17.3 Å². The lowest BCUT2D eigenvalue weighted by Gasteiger charge is -2.04. The van der Waals surface area contributed by atoms with Crippen molar-refractivity contribution in [2.24, 2.45) is 0 Å². The number of fused-ring (bicyclic) bond motifs is 1. The number of nitrogens with one attached hydrogen (secondary N) is 2. The summed E-state index contributed by atoms with van der Waals surface area (Å²) in [6.45, 7) is 2.35. The SMILES string of the molecule is CCNC(=O)c1n[nH]c(=O)c2ccccc12. The first kappa shape index (κ1) is 10.4. The lowest BCUT2D eigenvalue weighted by Crippen LogP contribution is -2.26. The van der Waals surface area contributed by atoms with Crippen LogP contribution < -0.4 is 10.9 Å². The number of rotatable bonds is 2. The van der Waals surface area contributed by atoms with Crippen LogP contribution in [0.1, 0.15) is 17.4 Å². The third kappa shape index (κ3) is 1.67. The molecule has 0 saturated carbocycles. The van der Waals surface area contributed by atoms with E-state index in [2.05, 4.69) is 15.5 Å². The molecule has 0 aliphatic carbocycles. The summed E-state index contributed by atoms with van der Waals surface area (Å²) in [5.74, 6) is -0.282. The van der Waals surface area contributed by atoms with Crippen molar-refractivity contribution in [2.75, 3.05) is 6.54 Å². The van der Waals surface area contributed by atoms with Gasteiger partial charge in [0.05, 0.1) is 5.39 Å². The van der Waals surface area contributed by atoms with Crippen LogP contribution in [0.4, 0.5) is 0 Å². The number of amides is 1. The van der Waals surface area contributed by atoms with Gasteiger partial charge in [0, 0.05) is 11.9 Å². The summed E-state index contributed by atoms with van der Waals surface area (Å²) in [6, 6.07) is 6.89. The van der Waals surface area contributed by atoms with Gasteiger partial charge in [-0.25, -0.2) is 5.10 Å². The molecule has 0 fully saturated rings. The fraction of sp³-hybridized carbons (Fsp3) is 0.182. The van der Waals surface area contributed by atoms with Crippen molar-refractivity contribution in [1.29, 1.82) is 0 Å². The molecule has 82 valence electrons. The minimum atomic E-state index is -0.288. The first-order chi connectivity index (χ1) is 7.74. The van der Waals surface area contributed by atoms with Crippen LogP contribution in [0.25, 0.3) is 10.8 Å². The molecule has 2 N–H and O–H groups in total. The number of carbonyl (C=O) groups is 1. The Balaban J connectivity index is 2.68. The average molecular weight is 217 g/mol. The maximum atomic E-state index is 11.7. The maximum Gasteiger partial charge on any atom is 0.272 e. The van der Waals surface area contributed by atoms with Crippen molar-refractivity contribution >= 4 is 16.7 Å². The van der Waals surface area contributed by atoms with E-state index >= 15 is 0 Å². The molecule has 0 aliphatic rings.